The lowest BCUT2D eigenvalue weighted by atomic mass is 10.1. The minimum Gasteiger partial charge on any atom is -0.452 e. The molecule has 1 amide bonds. The molecule has 0 saturated carbocycles. The van der Waals surface area contributed by atoms with E-state index in [9.17, 15) is 19.2 Å². The summed E-state index contributed by atoms with van der Waals surface area (Å²) in [6, 6.07) is 5.30. The average Bonchev–Trinajstić information content (AvgIpc) is 2.75. The fourth-order valence-electron chi connectivity index (χ4n) is 3.64. The first-order chi connectivity index (χ1) is 15.7. The summed E-state index contributed by atoms with van der Waals surface area (Å²) in [4.78, 5) is 53.9. The Hall–Kier alpha value is -3.36. The van der Waals surface area contributed by atoms with Crippen LogP contribution in [0.4, 0.5) is 11.5 Å². The Kier molecular flexibility index (Phi) is 9.44. The van der Waals surface area contributed by atoms with Crippen LogP contribution in [0.25, 0.3) is 0 Å². The first kappa shape index (κ1) is 25.9. The molecule has 1 aromatic carbocycles. The highest BCUT2D eigenvalue weighted by Gasteiger charge is 2.25. The Bertz CT molecular complexity index is 1080. The van der Waals surface area contributed by atoms with Crippen molar-refractivity contribution in [1.82, 2.24) is 9.55 Å². The highest BCUT2D eigenvalue weighted by Crippen LogP contribution is 2.19. The van der Waals surface area contributed by atoms with Gasteiger partial charge in [-0.1, -0.05) is 50.3 Å². The number of hydrogen-bond acceptors (Lipinski definition) is 6. The number of hydrogen-bond donors (Lipinski definition) is 2. The van der Waals surface area contributed by atoms with Gasteiger partial charge in [0.2, 0.25) is 0 Å². The van der Waals surface area contributed by atoms with Gasteiger partial charge >= 0.3 is 11.7 Å². The normalized spacial score (nSPS) is 10.8. The van der Waals surface area contributed by atoms with Gasteiger partial charge < -0.3 is 15.4 Å². The Balaban J connectivity index is 2.32. The molecular weight excluding hydrogens is 424 g/mol. The first-order valence-electron chi connectivity index (χ1n) is 11.4. The third kappa shape index (κ3) is 6.81. The lowest BCUT2D eigenvalue weighted by Gasteiger charge is -2.24. The van der Waals surface area contributed by atoms with Gasteiger partial charge in [0, 0.05) is 13.1 Å². The van der Waals surface area contributed by atoms with E-state index in [1.54, 1.807) is 12.1 Å². The number of aryl methyl sites for hydroxylation is 2. The van der Waals surface area contributed by atoms with Crippen molar-refractivity contribution in [1.29, 1.82) is 0 Å². The average molecular weight is 459 g/mol. The zero-order valence-corrected chi connectivity index (χ0v) is 19.9. The molecular formula is C24H34N4O5. The lowest BCUT2D eigenvalue weighted by molar-refractivity contribution is -0.121. The molecule has 0 bridgehead atoms. The summed E-state index contributed by atoms with van der Waals surface area (Å²) in [7, 11) is 0. The van der Waals surface area contributed by atoms with Gasteiger partial charge in [-0.05, 0) is 38.8 Å². The zero-order valence-electron chi connectivity index (χ0n) is 19.9. The molecule has 1 aromatic heterocycles. The molecule has 0 aliphatic rings. The van der Waals surface area contributed by atoms with Crippen molar-refractivity contribution in [2.24, 2.45) is 0 Å². The van der Waals surface area contributed by atoms with E-state index < -0.39 is 29.7 Å². The maximum atomic E-state index is 13.1. The molecule has 1 heterocycles. The van der Waals surface area contributed by atoms with E-state index in [0.717, 1.165) is 30.4 Å². The zero-order chi connectivity index (χ0) is 24.5. The molecule has 0 aliphatic carbocycles. The van der Waals surface area contributed by atoms with Crippen LogP contribution in [0, 0.1) is 13.8 Å². The Morgan fingerprint density at radius 3 is 2.27 bits per heavy atom. The molecule has 33 heavy (non-hydrogen) atoms. The van der Waals surface area contributed by atoms with Gasteiger partial charge in [-0.15, -0.1) is 0 Å². The van der Waals surface area contributed by atoms with Crippen LogP contribution in [0.1, 0.15) is 67.4 Å². The molecule has 0 atom stereocenters. The smallest absolute Gasteiger partial charge is 0.338 e. The molecule has 0 spiro atoms. The summed E-state index contributed by atoms with van der Waals surface area (Å²) in [6.45, 7) is 7.71. The summed E-state index contributed by atoms with van der Waals surface area (Å²) in [5.74, 6) is -1.28. The summed E-state index contributed by atoms with van der Waals surface area (Å²) >= 11 is 0. The third-order valence-electron chi connectivity index (χ3n) is 5.29. The van der Waals surface area contributed by atoms with Crippen LogP contribution in [0.15, 0.2) is 27.8 Å². The molecule has 0 saturated heterocycles. The number of rotatable bonds is 11. The number of benzene rings is 1. The maximum Gasteiger partial charge on any atom is 0.338 e. The van der Waals surface area contributed by atoms with E-state index in [4.69, 9.17) is 10.5 Å². The Morgan fingerprint density at radius 2 is 1.67 bits per heavy atom. The molecule has 3 N–H and O–H groups in total. The predicted molar refractivity (Wildman–Crippen MR) is 129 cm³/mol. The summed E-state index contributed by atoms with van der Waals surface area (Å²) in [6.07, 6.45) is 3.88. The second kappa shape index (κ2) is 12.0. The SMILES string of the molecule is CCCCCN(C(=O)COC(=O)c1cc(C)cc(C)c1)c1c(N)n(CCCC)c(=O)[nH]c1=O. The van der Waals surface area contributed by atoms with Crippen molar-refractivity contribution in [2.75, 3.05) is 23.8 Å². The Morgan fingerprint density at radius 1 is 1.03 bits per heavy atom. The Labute approximate surface area is 193 Å². The van der Waals surface area contributed by atoms with Gasteiger partial charge in [0.1, 0.15) is 5.82 Å². The molecule has 0 unspecified atom stereocenters. The number of aromatic nitrogens is 2. The second-order valence-corrected chi connectivity index (χ2v) is 8.20. The highest BCUT2D eigenvalue weighted by atomic mass is 16.5. The number of nitrogens with zero attached hydrogens (tertiary/aromatic N) is 2. The monoisotopic (exact) mass is 458 g/mol. The lowest BCUT2D eigenvalue weighted by Crippen LogP contribution is -2.43. The topological polar surface area (TPSA) is 127 Å². The molecule has 2 aromatic rings. The van der Waals surface area contributed by atoms with Crippen LogP contribution in [-0.4, -0.2) is 34.6 Å². The van der Waals surface area contributed by atoms with Crippen LogP contribution >= 0.6 is 0 Å². The number of carbonyl (C=O) groups is 2. The van der Waals surface area contributed by atoms with E-state index >= 15 is 0 Å². The van der Waals surface area contributed by atoms with Crippen molar-refractivity contribution < 1.29 is 14.3 Å². The van der Waals surface area contributed by atoms with E-state index in [1.165, 1.54) is 9.47 Å². The fraction of sp³-hybridized carbons (Fsp3) is 0.500. The van der Waals surface area contributed by atoms with Crippen LogP contribution in [0.3, 0.4) is 0 Å². The number of esters is 1. The van der Waals surface area contributed by atoms with Gasteiger partial charge in [0.15, 0.2) is 12.3 Å². The number of aromatic amines is 1. The van der Waals surface area contributed by atoms with Crippen molar-refractivity contribution in [3.63, 3.8) is 0 Å². The number of carbonyl (C=O) groups excluding carboxylic acids is 2. The summed E-state index contributed by atoms with van der Waals surface area (Å²) < 4.78 is 6.52. The van der Waals surface area contributed by atoms with Crippen molar-refractivity contribution >= 4 is 23.4 Å². The van der Waals surface area contributed by atoms with Gasteiger partial charge in [0.25, 0.3) is 11.5 Å². The number of amides is 1. The summed E-state index contributed by atoms with van der Waals surface area (Å²) in [5, 5.41) is 0. The molecule has 0 radical (unpaired) electrons. The van der Waals surface area contributed by atoms with E-state index in [-0.39, 0.29) is 18.1 Å². The van der Waals surface area contributed by atoms with Gasteiger partial charge in [-0.3, -0.25) is 19.1 Å². The van der Waals surface area contributed by atoms with Crippen LogP contribution in [0.2, 0.25) is 0 Å². The van der Waals surface area contributed by atoms with Crippen molar-refractivity contribution in [3.8, 4) is 0 Å². The maximum absolute atomic E-state index is 13.1. The van der Waals surface area contributed by atoms with Crippen LogP contribution < -0.4 is 21.9 Å². The van der Waals surface area contributed by atoms with Crippen LogP contribution in [-0.2, 0) is 16.1 Å². The highest BCUT2D eigenvalue weighted by molar-refractivity contribution is 5.98. The molecule has 0 aliphatic heterocycles. The van der Waals surface area contributed by atoms with Crippen LogP contribution in [0.5, 0.6) is 0 Å². The number of unbranched alkanes of at least 4 members (excludes halogenated alkanes) is 3. The number of ether oxygens (including phenoxy) is 1. The molecule has 180 valence electrons. The number of H-pyrrole nitrogens is 1. The minimum absolute atomic E-state index is 0.0670. The third-order valence-corrected chi connectivity index (χ3v) is 5.29. The number of nitrogen functional groups attached to an aromatic ring is 1. The van der Waals surface area contributed by atoms with E-state index in [1.807, 2.05) is 33.8 Å². The number of anilines is 2. The molecule has 2 rings (SSSR count). The molecule has 9 nitrogen and oxygen atoms in total. The van der Waals surface area contributed by atoms with Gasteiger partial charge in [-0.2, -0.15) is 0 Å². The fourth-order valence-corrected chi connectivity index (χ4v) is 3.64. The van der Waals surface area contributed by atoms with Crippen molar-refractivity contribution in [2.45, 2.75) is 66.3 Å². The minimum atomic E-state index is -0.740. The predicted octanol–water partition coefficient (Wildman–Crippen LogP) is 2.92. The standard InChI is InChI=1S/C24H34N4O5/c1-5-7-9-11-27(20-21(25)28(10-8-6-2)24(32)26-22(20)30)19(29)15-33-23(31)18-13-16(3)12-17(4)14-18/h12-14H,5-11,15,25H2,1-4H3,(H,26,30,32). The molecule has 9 heteroatoms. The van der Waals surface area contributed by atoms with Crippen molar-refractivity contribution in [3.05, 3.63) is 55.7 Å². The molecule has 0 fully saturated rings. The quantitative estimate of drug-likeness (QED) is 0.394. The second-order valence-electron chi connectivity index (χ2n) is 8.20. The van der Waals surface area contributed by atoms with Gasteiger partial charge in [0.05, 0.1) is 5.56 Å². The van der Waals surface area contributed by atoms with E-state index in [0.29, 0.717) is 24.9 Å². The first-order valence-corrected chi connectivity index (χ1v) is 11.4. The van der Waals surface area contributed by atoms with Gasteiger partial charge in [-0.25, -0.2) is 9.59 Å². The number of nitrogens with one attached hydrogen (secondary N) is 1. The van der Waals surface area contributed by atoms with E-state index in [2.05, 4.69) is 4.98 Å². The summed E-state index contributed by atoms with van der Waals surface area (Å²) in [5.41, 5.74) is 6.91. The number of nitrogens with two attached hydrogens (primary N) is 1. The largest absolute Gasteiger partial charge is 0.452 e.